The summed E-state index contributed by atoms with van der Waals surface area (Å²) in [4.78, 5) is 7.06. The van der Waals surface area contributed by atoms with E-state index in [-0.39, 0.29) is 0 Å². The van der Waals surface area contributed by atoms with Crippen molar-refractivity contribution in [2.45, 2.75) is 46.2 Å². The average molecular weight is 267 g/mol. The van der Waals surface area contributed by atoms with Gasteiger partial charge in [0.1, 0.15) is 0 Å². The Morgan fingerprint density at radius 1 is 1.44 bits per heavy atom. The predicted octanol–water partition coefficient (Wildman–Crippen LogP) is 3.12. The van der Waals surface area contributed by atoms with Crippen LogP contribution >= 0.6 is 11.3 Å². The Kier molecular flexibility index (Phi) is 4.62. The van der Waals surface area contributed by atoms with Gasteiger partial charge in [0.05, 0.1) is 5.69 Å². The van der Waals surface area contributed by atoms with Crippen LogP contribution in [0.25, 0.3) is 0 Å². The summed E-state index contributed by atoms with van der Waals surface area (Å²) in [5.74, 6) is 1.59. The van der Waals surface area contributed by atoms with Crippen molar-refractivity contribution < 1.29 is 0 Å². The Morgan fingerprint density at radius 3 is 2.78 bits per heavy atom. The third kappa shape index (κ3) is 3.69. The summed E-state index contributed by atoms with van der Waals surface area (Å²) in [6.45, 7) is 8.71. The number of hydrogen-bond donors (Lipinski definition) is 1. The summed E-state index contributed by atoms with van der Waals surface area (Å²) >= 11 is 1.76. The summed E-state index contributed by atoms with van der Waals surface area (Å²) in [6, 6.07) is 0.632. The van der Waals surface area contributed by atoms with Crippen LogP contribution in [0.4, 0.5) is 5.13 Å². The fourth-order valence-electron chi connectivity index (χ4n) is 2.10. The highest BCUT2D eigenvalue weighted by atomic mass is 32.1. The summed E-state index contributed by atoms with van der Waals surface area (Å²) in [5.41, 5.74) is 1.17. The van der Waals surface area contributed by atoms with E-state index in [1.165, 1.54) is 18.5 Å². The number of nitrogens with one attached hydrogen (secondary N) is 1. The topological polar surface area (TPSA) is 28.2 Å². The second-order valence-corrected chi connectivity index (χ2v) is 6.67. The largest absolute Gasteiger partial charge is 0.348 e. The second-order valence-electron chi connectivity index (χ2n) is 5.84. The lowest BCUT2D eigenvalue weighted by atomic mass is 10.2. The number of aromatic nitrogens is 1. The smallest absolute Gasteiger partial charge is 0.185 e. The monoisotopic (exact) mass is 267 g/mol. The molecule has 0 amide bonds. The number of thiazole rings is 1. The second kappa shape index (κ2) is 6.02. The van der Waals surface area contributed by atoms with Gasteiger partial charge in [-0.25, -0.2) is 4.98 Å². The van der Waals surface area contributed by atoms with Crippen molar-refractivity contribution in [3.8, 4) is 0 Å². The fourth-order valence-corrected chi connectivity index (χ4v) is 2.98. The molecule has 4 heteroatoms. The van der Waals surface area contributed by atoms with Crippen molar-refractivity contribution in [3.63, 3.8) is 0 Å². The maximum atomic E-state index is 4.72. The van der Waals surface area contributed by atoms with E-state index in [4.69, 9.17) is 4.98 Å². The summed E-state index contributed by atoms with van der Waals surface area (Å²) < 4.78 is 0. The number of anilines is 1. The minimum atomic E-state index is 0.632. The molecule has 3 nitrogen and oxygen atoms in total. The van der Waals surface area contributed by atoms with E-state index in [0.717, 1.165) is 24.1 Å². The lowest BCUT2D eigenvalue weighted by molar-refractivity contribution is 0.548. The number of rotatable bonds is 7. The highest BCUT2D eigenvalue weighted by Crippen LogP contribution is 2.36. The van der Waals surface area contributed by atoms with Gasteiger partial charge >= 0.3 is 0 Å². The summed E-state index contributed by atoms with van der Waals surface area (Å²) in [5, 5.41) is 6.79. The van der Waals surface area contributed by atoms with E-state index in [0.29, 0.717) is 12.0 Å². The lowest BCUT2D eigenvalue weighted by Gasteiger charge is -2.23. The van der Waals surface area contributed by atoms with Crippen molar-refractivity contribution >= 4 is 16.5 Å². The van der Waals surface area contributed by atoms with Crippen LogP contribution in [0.3, 0.4) is 0 Å². The quantitative estimate of drug-likeness (QED) is 0.822. The molecule has 1 fully saturated rings. The Morgan fingerprint density at radius 2 is 2.17 bits per heavy atom. The van der Waals surface area contributed by atoms with Crippen molar-refractivity contribution in [3.05, 3.63) is 11.1 Å². The number of hydrogen-bond acceptors (Lipinski definition) is 4. The van der Waals surface area contributed by atoms with E-state index < -0.39 is 0 Å². The molecule has 0 aliphatic heterocycles. The van der Waals surface area contributed by atoms with Crippen LogP contribution in [0, 0.1) is 11.8 Å². The van der Waals surface area contributed by atoms with Crippen LogP contribution in [0.1, 0.15) is 39.3 Å². The first-order valence-corrected chi connectivity index (χ1v) is 7.84. The van der Waals surface area contributed by atoms with Crippen LogP contribution in [0.5, 0.6) is 0 Å². The Balaban J connectivity index is 1.84. The minimum Gasteiger partial charge on any atom is -0.348 e. The van der Waals surface area contributed by atoms with Gasteiger partial charge in [-0.3, -0.25) is 0 Å². The molecule has 1 heterocycles. The first kappa shape index (κ1) is 13.8. The van der Waals surface area contributed by atoms with Gasteiger partial charge in [-0.05, 0) is 38.1 Å². The molecule has 1 atom stereocenters. The van der Waals surface area contributed by atoms with Crippen molar-refractivity contribution in [1.82, 2.24) is 10.3 Å². The molecule has 0 bridgehead atoms. The third-order valence-electron chi connectivity index (χ3n) is 3.62. The van der Waals surface area contributed by atoms with Gasteiger partial charge in [0.25, 0.3) is 0 Å². The zero-order valence-electron chi connectivity index (χ0n) is 11.9. The number of nitrogens with zero attached hydrogens (tertiary/aromatic N) is 2. The van der Waals surface area contributed by atoms with E-state index in [2.05, 4.69) is 43.4 Å². The maximum Gasteiger partial charge on any atom is 0.185 e. The van der Waals surface area contributed by atoms with Gasteiger partial charge in [0.15, 0.2) is 5.13 Å². The molecule has 1 N–H and O–H groups in total. The molecule has 1 aliphatic rings. The van der Waals surface area contributed by atoms with Gasteiger partial charge in [-0.15, -0.1) is 11.3 Å². The molecule has 102 valence electrons. The Hall–Kier alpha value is -0.610. The van der Waals surface area contributed by atoms with Crippen molar-refractivity contribution in [1.29, 1.82) is 0 Å². The van der Waals surface area contributed by atoms with Crippen LogP contribution in [-0.2, 0) is 6.54 Å². The normalized spacial score (nSPS) is 17.2. The fraction of sp³-hybridized carbons (Fsp3) is 0.786. The molecule has 2 rings (SSSR count). The van der Waals surface area contributed by atoms with Crippen molar-refractivity contribution in [2.24, 2.45) is 11.8 Å². The molecule has 1 aromatic heterocycles. The minimum absolute atomic E-state index is 0.632. The maximum absolute atomic E-state index is 4.72. The standard InChI is InChI=1S/C14H25N3S/c1-10(2)7-15-8-13-9-18-14(16-13)17(4)11(3)12-5-6-12/h9-12,15H,5-8H2,1-4H3. The molecule has 0 saturated heterocycles. The molecule has 1 aromatic rings. The molecule has 1 unspecified atom stereocenters. The zero-order valence-corrected chi connectivity index (χ0v) is 12.8. The SMILES string of the molecule is CC(C)CNCc1csc(N(C)C(C)C2CC2)n1. The molecular weight excluding hydrogens is 242 g/mol. The molecule has 0 aromatic carbocycles. The van der Waals surface area contributed by atoms with Gasteiger partial charge in [0, 0.05) is 25.0 Å². The predicted molar refractivity (Wildman–Crippen MR) is 79.2 cm³/mol. The van der Waals surface area contributed by atoms with E-state index in [1.807, 2.05) is 0 Å². The molecular formula is C14H25N3S. The molecule has 1 aliphatic carbocycles. The highest BCUT2D eigenvalue weighted by Gasteiger charge is 2.31. The van der Waals surface area contributed by atoms with Gasteiger partial charge in [-0.2, -0.15) is 0 Å². The van der Waals surface area contributed by atoms with Gasteiger partial charge in [-0.1, -0.05) is 13.8 Å². The van der Waals surface area contributed by atoms with Crippen LogP contribution < -0.4 is 10.2 Å². The molecule has 1 saturated carbocycles. The van der Waals surface area contributed by atoms with Crippen LogP contribution in [-0.4, -0.2) is 24.6 Å². The zero-order chi connectivity index (χ0) is 13.1. The molecule has 0 spiro atoms. The molecule has 18 heavy (non-hydrogen) atoms. The van der Waals surface area contributed by atoms with Crippen LogP contribution in [0.15, 0.2) is 5.38 Å². The van der Waals surface area contributed by atoms with Gasteiger partial charge in [0.2, 0.25) is 0 Å². The highest BCUT2D eigenvalue weighted by molar-refractivity contribution is 7.13. The summed E-state index contributed by atoms with van der Waals surface area (Å²) in [6.07, 6.45) is 2.78. The average Bonchev–Trinajstić information content (AvgIpc) is 3.07. The lowest BCUT2D eigenvalue weighted by Crippen LogP contribution is -2.30. The first-order valence-electron chi connectivity index (χ1n) is 6.96. The van der Waals surface area contributed by atoms with E-state index >= 15 is 0 Å². The summed E-state index contributed by atoms with van der Waals surface area (Å²) in [7, 11) is 2.17. The van der Waals surface area contributed by atoms with Crippen molar-refractivity contribution in [2.75, 3.05) is 18.5 Å². The van der Waals surface area contributed by atoms with E-state index in [1.54, 1.807) is 11.3 Å². The first-order chi connectivity index (χ1) is 8.58. The van der Waals surface area contributed by atoms with E-state index in [9.17, 15) is 0 Å². The Bertz CT molecular complexity index is 371. The van der Waals surface area contributed by atoms with Crippen LogP contribution in [0.2, 0.25) is 0 Å². The third-order valence-corrected chi connectivity index (χ3v) is 4.60. The molecule has 0 radical (unpaired) electrons. The van der Waals surface area contributed by atoms with Gasteiger partial charge < -0.3 is 10.2 Å². The Labute approximate surface area is 115 Å².